The Hall–Kier alpha value is -1.84. The quantitative estimate of drug-likeness (QED) is 0.925. The highest BCUT2D eigenvalue weighted by molar-refractivity contribution is 5.94. The van der Waals surface area contributed by atoms with Gasteiger partial charge in [-0.25, -0.2) is 0 Å². The number of aryl methyl sites for hydroxylation is 1. The van der Waals surface area contributed by atoms with Gasteiger partial charge in [-0.3, -0.25) is 9.59 Å². The van der Waals surface area contributed by atoms with Crippen LogP contribution >= 0.6 is 0 Å². The van der Waals surface area contributed by atoms with Gasteiger partial charge in [-0.15, -0.1) is 0 Å². The minimum atomic E-state index is -0.00864. The fraction of sp³-hybridized carbons (Fsp3) is 0.529. The molecule has 1 heterocycles. The standard InChI is InChI=1S/C17H22N2O2/c1-12-3-2-4-14(11-12)16(20)18-15-7-9-19(10-8-15)17(21)13-5-6-13/h2-4,11,13,15H,5-10H2,1H3,(H,18,20). The van der Waals surface area contributed by atoms with E-state index in [1.807, 2.05) is 36.1 Å². The largest absolute Gasteiger partial charge is 0.349 e. The highest BCUT2D eigenvalue weighted by Gasteiger charge is 2.35. The maximum absolute atomic E-state index is 12.2. The number of hydrogen-bond acceptors (Lipinski definition) is 2. The van der Waals surface area contributed by atoms with Crippen molar-refractivity contribution in [2.45, 2.75) is 38.6 Å². The molecule has 0 bridgehead atoms. The lowest BCUT2D eigenvalue weighted by atomic mass is 10.0. The smallest absolute Gasteiger partial charge is 0.251 e. The molecule has 4 nitrogen and oxygen atoms in total. The van der Waals surface area contributed by atoms with Crippen LogP contribution in [0.1, 0.15) is 41.6 Å². The van der Waals surface area contributed by atoms with Gasteiger partial charge in [0.15, 0.2) is 0 Å². The first-order valence-corrected chi connectivity index (χ1v) is 7.80. The zero-order valence-electron chi connectivity index (χ0n) is 12.5. The van der Waals surface area contributed by atoms with Crippen molar-refractivity contribution < 1.29 is 9.59 Å². The monoisotopic (exact) mass is 286 g/mol. The van der Waals surface area contributed by atoms with E-state index in [0.717, 1.165) is 44.3 Å². The van der Waals surface area contributed by atoms with Crippen LogP contribution in [-0.2, 0) is 4.79 Å². The Bertz CT molecular complexity index is 543. The lowest BCUT2D eigenvalue weighted by Gasteiger charge is -2.32. The summed E-state index contributed by atoms with van der Waals surface area (Å²) in [7, 11) is 0. The molecule has 4 heteroatoms. The Labute approximate surface area is 125 Å². The molecule has 21 heavy (non-hydrogen) atoms. The highest BCUT2D eigenvalue weighted by atomic mass is 16.2. The summed E-state index contributed by atoms with van der Waals surface area (Å²) < 4.78 is 0. The zero-order valence-corrected chi connectivity index (χ0v) is 12.5. The van der Waals surface area contributed by atoms with Gasteiger partial charge in [0, 0.05) is 30.6 Å². The van der Waals surface area contributed by atoms with Crippen LogP contribution < -0.4 is 5.32 Å². The van der Waals surface area contributed by atoms with Crippen molar-refractivity contribution >= 4 is 11.8 Å². The Kier molecular flexibility index (Phi) is 3.95. The van der Waals surface area contributed by atoms with E-state index in [-0.39, 0.29) is 11.9 Å². The van der Waals surface area contributed by atoms with Gasteiger partial charge in [0.2, 0.25) is 5.91 Å². The first-order chi connectivity index (χ1) is 10.1. The van der Waals surface area contributed by atoms with E-state index >= 15 is 0 Å². The Morgan fingerprint density at radius 1 is 1.14 bits per heavy atom. The Morgan fingerprint density at radius 2 is 1.86 bits per heavy atom. The number of nitrogens with one attached hydrogen (secondary N) is 1. The average molecular weight is 286 g/mol. The molecular weight excluding hydrogens is 264 g/mol. The minimum Gasteiger partial charge on any atom is -0.349 e. The van der Waals surface area contributed by atoms with Gasteiger partial charge in [0.25, 0.3) is 5.91 Å². The number of likely N-dealkylation sites (tertiary alicyclic amines) is 1. The number of nitrogens with zero attached hydrogens (tertiary/aromatic N) is 1. The molecule has 1 aromatic rings. The van der Waals surface area contributed by atoms with Gasteiger partial charge in [-0.2, -0.15) is 0 Å². The summed E-state index contributed by atoms with van der Waals surface area (Å²) in [6.07, 6.45) is 3.83. The van der Waals surface area contributed by atoms with Crippen molar-refractivity contribution in [2.24, 2.45) is 5.92 Å². The summed E-state index contributed by atoms with van der Waals surface area (Å²) in [5, 5.41) is 3.09. The summed E-state index contributed by atoms with van der Waals surface area (Å²) >= 11 is 0. The van der Waals surface area contributed by atoms with E-state index in [4.69, 9.17) is 0 Å². The lowest BCUT2D eigenvalue weighted by molar-refractivity contribution is -0.133. The number of benzene rings is 1. The summed E-state index contributed by atoms with van der Waals surface area (Å²) in [4.78, 5) is 26.2. The predicted octanol–water partition coefficient (Wildman–Crippen LogP) is 2.13. The number of carbonyl (C=O) groups is 2. The van der Waals surface area contributed by atoms with Crippen molar-refractivity contribution in [3.05, 3.63) is 35.4 Å². The Balaban J connectivity index is 1.50. The van der Waals surface area contributed by atoms with Gasteiger partial charge < -0.3 is 10.2 Å². The van der Waals surface area contributed by atoms with Crippen molar-refractivity contribution in [2.75, 3.05) is 13.1 Å². The molecule has 0 atom stereocenters. The molecule has 1 aliphatic heterocycles. The number of piperidine rings is 1. The van der Waals surface area contributed by atoms with E-state index in [2.05, 4.69) is 5.32 Å². The summed E-state index contributed by atoms with van der Waals surface area (Å²) in [5.41, 5.74) is 1.80. The predicted molar refractivity (Wildman–Crippen MR) is 81.0 cm³/mol. The highest BCUT2D eigenvalue weighted by Crippen LogP contribution is 2.31. The van der Waals surface area contributed by atoms with E-state index in [1.165, 1.54) is 0 Å². The van der Waals surface area contributed by atoms with Gasteiger partial charge >= 0.3 is 0 Å². The van der Waals surface area contributed by atoms with E-state index in [9.17, 15) is 9.59 Å². The maximum atomic E-state index is 12.2. The second kappa shape index (κ2) is 5.88. The van der Waals surface area contributed by atoms with Crippen LogP contribution in [0.25, 0.3) is 0 Å². The molecule has 0 spiro atoms. The van der Waals surface area contributed by atoms with Crippen molar-refractivity contribution in [3.8, 4) is 0 Å². The van der Waals surface area contributed by atoms with Gasteiger partial charge in [0.1, 0.15) is 0 Å². The third-order valence-electron chi connectivity index (χ3n) is 4.35. The lowest BCUT2D eigenvalue weighted by Crippen LogP contribution is -2.47. The molecule has 1 aromatic carbocycles. The molecule has 1 aliphatic carbocycles. The van der Waals surface area contributed by atoms with E-state index in [1.54, 1.807) is 0 Å². The van der Waals surface area contributed by atoms with Gasteiger partial charge in [-0.1, -0.05) is 17.7 Å². The van der Waals surface area contributed by atoms with Gasteiger partial charge in [-0.05, 0) is 44.7 Å². The SMILES string of the molecule is Cc1cccc(C(=O)NC2CCN(C(=O)C3CC3)CC2)c1. The summed E-state index contributed by atoms with van der Waals surface area (Å²) in [5.74, 6) is 0.604. The maximum Gasteiger partial charge on any atom is 0.251 e. The van der Waals surface area contributed by atoms with Crippen molar-refractivity contribution in [1.29, 1.82) is 0 Å². The number of hydrogen-bond donors (Lipinski definition) is 1. The average Bonchev–Trinajstić information content (AvgIpc) is 3.32. The zero-order chi connectivity index (χ0) is 14.8. The molecule has 0 unspecified atom stereocenters. The van der Waals surface area contributed by atoms with Crippen LogP contribution in [0.5, 0.6) is 0 Å². The fourth-order valence-corrected chi connectivity index (χ4v) is 2.89. The first-order valence-electron chi connectivity index (χ1n) is 7.80. The van der Waals surface area contributed by atoms with E-state index < -0.39 is 0 Å². The number of rotatable bonds is 3. The second-order valence-corrected chi connectivity index (χ2v) is 6.22. The third kappa shape index (κ3) is 3.43. The first kappa shape index (κ1) is 14.1. The molecule has 112 valence electrons. The van der Waals surface area contributed by atoms with Crippen molar-refractivity contribution in [1.82, 2.24) is 10.2 Å². The van der Waals surface area contributed by atoms with E-state index in [0.29, 0.717) is 17.4 Å². The van der Waals surface area contributed by atoms with Crippen LogP contribution in [0.15, 0.2) is 24.3 Å². The molecule has 2 aliphatic rings. The van der Waals surface area contributed by atoms with Crippen LogP contribution in [0.4, 0.5) is 0 Å². The molecular formula is C17H22N2O2. The molecule has 0 radical (unpaired) electrons. The topological polar surface area (TPSA) is 49.4 Å². The molecule has 1 saturated carbocycles. The molecule has 3 rings (SSSR count). The fourth-order valence-electron chi connectivity index (χ4n) is 2.89. The van der Waals surface area contributed by atoms with Gasteiger partial charge in [0.05, 0.1) is 0 Å². The molecule has 1 saturated heterocycles. The van der Waals surface area contributed by atoms with Crippen molar-refractivity contribution in [3.63, 3.8) is 0 Å². The summed E-state index contributed by atoms with van der Waals surface area (Å²) in [6.45, 7) is 3.53. The Morgan fingerprint density at radius 3 is 2.48 bits per heavy atom. The third-order valence-corrected chi connectivity index (χ3v) is 4.35. The summed E-state index contributed by atoms with van der Waals surface area (Å²) in [6, 6.07) is 7.82. The normalized spacial score (nSPS) is 19.4. The number of amides is 2. The molecule has 0 aromatic heterocycles. The molecule has 1 N–H and O–H groups in total. The van der Waals surface area contributed by atoms with Crippen LogP contribution in [0, 0.1) is 12.8 Å². The van der Waals surface area contributed by atoms with Crippen LogP contribution in [0.2, 0.25) is 0 Å². The van der Waals surface area contributed by atoms with Crippen LogP contribution in [0.3, 0.4) is 0 Å². The second-order valence-electron chi connectivity index (χ2n) is 6.22. The number of carbonyl (C=O) groups excluding carboxylic acids is 2. The molecule has 2 amide bonds. The van der Waals surface area contributed by atoms with Crippen LogP contribution in [-0.4, -0.2) is 35.8 Å². The minimum absolute atomic E-state index is 0.00864. The molecule has 2 fully saturated rings.